The molecule has 15 heavy (non-hydrogen) atoms. The highest BCUT2D eigenvalue weighted by atomic mass is 16.5. The summed E-state index contributed by atoms with van der Waals surface area (Å²) in [6.45, 7) is 3.77. The van der Waals surface area contributed by atoms with Crippen molar-refractivity contribution in [2.45, 2.75) is 6.92 Å². The quantitative estimate of drug-likeness (QED) is 0.702. The molecule has 0 aromatic heterocycles. The van der Waals surface area contributed by atoms with Gasteiger partial charge in [0.1, 0.15) is 0 Å². The van der Waals surface area contributed by atoms with E-state index < -0.39 is 5.97 Å². The largest absolute Gasteiger partial charge is 0.478 e. The van der Waals surface area contributed by atoms with E-state index in [0.29, 0.717) is 25.4 Å². The summed E-state index contributed by atoms with van der Waals surface area (Å²) in [5.74, 6) is -0.922. The van der Waals surface area contributed by atoms with Crippen molar-refractivity contribution in [2.24, 2.45) is 0 Å². The average molecular weight is 209 g/mol. The third-order valence-corrected chi connectivity index (χ3v) is 1.92. The Labute approximate surface area is 88.9 Å². The van der Waals surface area contributed by atoms with Gasteiger partial charge in [0, 0.05) is 18.8 Å². The third kappa shape index (κ3) is 3.59. The Hall–Kier alpha value is -1.55. The van der Waals surface area contributed by atoms with Gasteiger partial charge in [0.05, 0.1) is 12.2 Å². The van der Waals surface area contributed by atoms with Crippen molar-refractivity contribution in [3.8, 4) is 0 Å². The van der Waals surface area contributed by atoms with Gasteiger partial charge >= 0.3 is 5.97 Å². The van der Waals surface area contributed by atoms with Crippen LogP contribution in [0.15, 0.2) is 24.3 Å². The molecule has 0 radical (unpaired) electrons. The first-order chi connectivity index (χ1) is 7.25. The zero-order chi connectivity index (χ0) is 11.1. The maximum Gasteiger partial charge on any atom is 0.337 e. The van der Waals surface area contributed by atoms with Crippen LogP contribution < -0.4 is 5.32 Å². The van der Waals surface area contributed by atoms with E-state index in [2.05, 4.69) is 5.32 Å². The van der Waals surface area contributed by atoms with Crippen LogP contribution in [-0.2, 0) is 4.74 Å². The van der Waals surface area contributed by atoms with Crippen molar-refractivity contribution in [3.63, 3.8) is 0 Å². The first-order valence-corrected chi connectivity index (χ1v) is 4.89. The third-order valence-electron chi connectivity index (χ3n) is 1.92. The van der Waals surface area contributed by atoms with Crippen LogP contribution in [0.3, 0.4) is 0 Å². The minimum absolute atomic E-state index is 0.286. The molecule has 2 N–H and O–H groups in total. The fraction of sp³-hybridized carbons (Fsp3) is 0.364. The van der Waals surface area contributed by atoms with Crippen LogP contribution in [0.5, 0.6) is 0 Å². The van der Waals surface area contributed by atoms with Gasteiger partial charge in [-0.15, -0.1) is 0 Å². The Morgan fingerprint density at radius 3 is 2.87 bits per heavy atom. The van der Waals surface area contributed by atoms with Crippen LogP contribution >= 0.6 is 0 Å². The molecule has 0 spiro atoms. The second-order valence-electron chi connectivity index (χ2n) is 2.97. The summed E-state index contributed by atoms with van der Waals surface area (Å²) in [5.41, 5.74) is 0.915. The molecule has 0 atom stereocenters. The molecular weight excluding hydrogens is 194 g/mol. The Morgan fingerprint density at radius 1 is 1.47 bits per heavy atom. The number of nitrogens with one attached hydrogen (secondary N) is 1. The molecule has 0 aliphatic rings. The van der Waals surface area contributed by atoms with Crippen LogP contribution in [0.25, 0.3) is 0 Å². The number of ether oxygens (including phenoxy) is 1. The van der Waals surface area contributed by atoms with E-state index >= 15 is 0 Å². The molecule has 4 heteroatoms. The van der Waals surface area contributed by atoms with Gasteiger partial charge < -0.3 is 15.2 Å². The predicted molar refractivity (Wildman–Crippen MR) is 58.4 cm³/mol. The van der Waals surface area contributed by atoms with Gasteiger partial charge in [-0.1, -0.05) is 12.1 Å². The average Bonchev–Trinajstić information content (AvgIpc) is 2.25. The molecular formula is C11H15NO3. The van der Waals surface area contributed by atoms with E-state index in [4.69, 9.17) is 9.84 Å². The van der Waals surface area contributed by atoms with Gasteiger partial charge in [0.2, 0.25) is 0 Å². The van der Waals surface area contributed by atoms with E-state index in [-0.39, 0.29) is 5.56 Å². The number of carbonyl (C=O) groups is 1. The number of benzene rings is 1. The van der Waals surface area contributed by atoms with E-state index in [1.54, 1.807) is 24.3 Å². The number of hydrogen-bond donors (Lipinski definition) is 2. The van der Waals surface area contributed by atoms with E-state index in [1.165, 1.54) is 0 Å². The molecule has 0 amide bonds. The van der Waals surface area contributed by atoms with Crippen LogP contribution in [0, 0.1) is 0 Å². The minimum atomic E-state index is -0.922. The number of carboxylic acids is 1. The summed E-state index contributed by atoms with van der Waals surface area (Å²) in [4.78, 5) is 10.8. The standard InChI is InChI=1S/C11H15NO3/c1-2-15-8-7-12-10-6-4-3-5-9(10)11(13)14/h3-6,12H,2,7-8H2,1H3,(H,13,14). The first-order valence-electron chi connectivity index (χ1n) is 4.89. The van der Waals surface area contributed by atoms with E-state index in [0.717, 1.165) is 0 Å². The van der Waals surface area contributed by atoms with Crippen molar-refractivity contribution in [2.75, 3.05) is 25.1 Å². The Kier molecular flexibility index (Phi) is 4.63. The molecule has 82 valence electrons. The lowest BCUT2D eigenvalue weighted by Gasteiger charge is -2.08. The summed E-state index contributed by atoms with van der Waals surface area (Å²) in [6, 6.07) is 6.83. The molecule has 0 bridgehead atoms. The molecule has 0 aliphatic heterocycles. The zero-order valence-electron chi connectivity index (χ0n) is 8.69. The molecule has 0 heterocycles. The molecule has 1 aromatic rings. The second-order valence-corrected chi connectivity index (χ2v) is 2.97. The molecule has 0 saturated carbocycles. The SMILES string of the molecule is CCOCCNc1ccccc1C(=O)O. The number of aromatic carboxylic acids is 1. The van der Waals surface area contributed by atoms with Gasteiger partial charge in [-0.3, -0.25) is 0 Å². The smallest absolute Gasteiger partial charge is 0.337 e. The molecule has 0 saturated heterocycles. The fourth-order valence-electron chi connectivity index (χ4n) is 1.23. The summed E-state index contributed by atoms with van der Waals surface area (Å²) in [5, 5.41) is 11.9. The molecule has 1 aromatic carbocycles. The number of carboxylic acid groups (broad SMARTS) is 1. The van der Waals surface area contributed by atoms with Gasteiger partial charge in [0.25, 0.3) is 0 Å². The van der Waals surface area contributed by atoms with Gasteiger partial charge in [-0.2, -0.15) is 0 Å². The number of para-hydroxylation sites is 1. The maximum atomic E-state index is 10.8. The lowest BCUT2D eigenvalue weighted by Crippen LogP contribution is -2.12. The molecule has 1 rings (SSSR count). The molecule has 0 aliphatic carbocycles. The normalized spacial score (nSPS) is 9.93. The van der Waals surface area contributed by atoms with Crippen molar-refractivity contribution >= 4 is 11.7 Å². The first kappa shape index (κ1) is 11.5. The topological polar surface area (TPSA) is 58.6 Å². The minimum Gasteiger partial charge on any atom is -0.478 e. The van der Waals surface area contributed by atoms with Gasteiger partial charge in [-0.05, 0) is 19.1 Å². The van der Waals surface area contributed by atoms with Crippen LogP contribution in [0.2, 0.25) is 0 Å². The van der Waals surface area contributed by atoms with Crippen molar-refractivity contribution in [1.29, 1.82) is 0 Å². The van der Waals surface area contributed by atoms with Crippen molar-refractivity contribution in [1.82, 2.24) is 0 Å². The van der Waals surface area contributed by atoms with Gasteiger partial charge in [0.15, 0.2) is 0 Å². The molecule has 0 unspecified atom stereocenters. The second kappa shape index (κ2) is 6.03. The highest BCUT2D eigenvalue weighted by molar-refractivity contribution is 5.94. The molecule has 4 nitrogen and oxygen atoms in total. The summed E-state index contributed by atoms with van der Waals surface area (Å²) < 4.78 is 5.15. The highest BCUT2D eigenvalue weighted by Crippen LogP contribution is 2.14. The monoisotopic (exact) mass is 209 g/mol. The van der Waals surface area contributed by atoms with E-state index in [1.807, 2.05) is 6.92 Å². The van der Waals surface area contributed by atoms with E-state index in [9.17, 15) is 4.79 Å². The van der Waals surface area contributed by atoms with Crippen LogP contribution in [0.1, 0.15) is 17.3 Å². The number of hydrogen-bond acceptors (Lipinski definition) is 3. The predicted octanol–water partition coefficient (Wildman–Crippen LogP) is 1.83. The van der Waals surface area contributed by atoms with Crippen molar-refractivity contribution < 1.29 is 14.6 Å². The lowest BCUT2D eigenvalue weighted by atomic mass is 10.2. The highest BCUT2D eigenvalue weighted by Gasteiger charge is 2.07. The molecule has 0 fully saturated rings. The van der Waals surface area contributed by atoms with Gasteiger partial charge in [-0.25, -0.2) is 4.79 Å². The lowest BCUT2D eigenvalue weighted by molar-refractivity contribution is 0.0698. The Morgan fingerprint density at radius 2 is 2.20 bits per heavy atom. The number of anilines is 1. The summed E-state index contributed by atoms with van der Waals surface area (Å²) in [6.07, 6.45) is 0. The van der Waals surface area contributed by atoms with Crippen LogP contribution in [-0.4, -0.2) is 30.8 Å². The summed E-state index contributed by atoms with van der Waals surface area (Å²) >= 11 is 0. The number of rotatable bonds is 6. The van der Waals surface area contributed by atoms with Crippen LogP contribution in [0.4, 0.5) is 5.69 Å². The fourth-order valence-corrected chi connectivity index (χ4v) is 1.23. The zero-order valence-corrected chi connectivity index (χ0v) is 8.69. The summed E-state index contributed by atoms with van der Waals surface area (Å²) in [7, 11) is 0. The Bertz CT molecular complexity index is 325. The maximum absolute atomic E-state index is 10.8. The Balaban J connectivity index is 2.56. The van der Waals surface area contributed by atoms with Crippen molar-refractivity contribution in [3.05, 3.63) is 29.8 Å².